The molecule has 1 amide bonds. The second-order valence-corrected chi connectivity index (χ2v) is 7.04. The summed E-state index contributed by atoms with van der Waals surface area (Å²) >= 11 is 0. The predicted octanol–water partition coefficient (Wildman–Crippen LogP) is 1.72. The average molecular weight is 465 g/mol. The molecule has 1 unspecified atom stereocenters. The van der Waals surface area contributed by atoms with Crippen LogP contribution in [0.2, 0.25) is 2.82 Å². The molecule has 33 heavy (non-hydrogen) atoms. The van der Waals surface area contributed by atoms with Crippen LogP contribution in [-0.4, -0.2) is 73.7 Å². The van der Waals surface area contributed by atoms with Gasteiger partial charge < -0.3 is 34.5 Å². The van der Waals surface area contributed by atoms with Crippen molar-refractivity contribution in [1.29, 1.82) is 0 Å². The summed E-state index contributed by atoms with van der Waals surface area (Å²) in [5.74, 6) is -3.61. The second kappa shape index (κ2) is 8.53. The fourth-order valence-electron chi connectivity index (χ4n) is 3.45. The van der Waals surface area contributed by atoms with Crippen LogP contribution in [0.15, 0.2) is 36.4 Å². The van der Waals surface area contributed by atoms with E-state index in [4.69, 9.17) is 36.8 Å². The molecule has 2 aliphatic heterocycles. The van der Waals surface area contributed by atoms with E-state index < -0.39 is 72.9 Å². The van der Waals surface area contributed by atoms with Crippen LogP contribution in [-0.2, 0) is 4.79 Å². The van der Waals surface area contributed by atoms with Gasteiger partial charge in [0.15, 0.2) is 25.8 Å². The van der Waals surface area contributed by atoms with Crippen molar-refractivity contribution >= 4 is 28.6 Å². The minimum Gasteiger partial charge on any atom is -0.493 e. The lowest BCUT2D eigenvalue weighted by Crippen LogP contribution is -2.54. The lowest BCUT2D eigenvalue weighted by Gasteiger charge is -2.37. The van der Waals surface area contributed by atoms with Gasteiger partial charge in [-0.2, -0.15) is 4.98 Å². The van der Waals surface area contributed by atoms with E-state index in [9.17, 15) is 4.79 Å². The Bertz CT molecular complexity index is 1680. The molecule has 2 aromatic carbocycles. The minimum atomic E-state index is -3.20. The minimum absolute atomic E-state index is 0.00162. The molecule has 10 heteroatoms. The van der Waals surface area contributed by atoms with Crippen molar-refractivity contribution in [2.24, 2.45) is 0 Å². The van der Waals surface area contributed by atoms with Gasteiger partial charge in [-0.25, -0.2) is 4.98 Å². The largest absolute Gasteiger partial charge is 0.493 e. The Kier molecular flexibility index (Phi) is 2.79. The van der Waals surface area contributed by atoms with E-state index >= 15 is 0 Å². The van der Waals surface area contributed by atoms with Crippen molar-refractivity contribution in [1.82, 2.24) is 14.9 Å². The van der Waals surface area contributed by atoms with Gasteiger partial charge in [0, 0.05) is 37.6 Å². The number of para-hydroxylation sites is 2. The molecule has 3 aromatic rings. The van der Waals surface area contributed by atoms with E-state index in [-0.39, 0.29) is 49.3 Å². The maximum atomic E-state index is 13.5. The van der Waals surface area contributed by atoms with Gasteiger partial charge in [-0.15, -0.1) is 0 Å². The van der Waals surface area contributed by atoms with Crippen LogP contribution in [0.25, 0.3) is 10.9 Å². The topological polar surface area (TPSA) is 112 Å². The fourth-order valence-corrected chi connectivity index (χ4v) is 3.45. The molecule has 2 N–H and O–H groups in total. The Morgan fingerprint density at radius 2 is 1.97 bits per heavy atom. The number of piperazine rings is 1. The van der Waals surface area contributed by atoms with Gasteiger partial charge in [0.2, 0.25) is 12.0 Å². The van der Waals surface area contributed by atoms with Gasteiger partial charge in [-0.1, -0.05) is 12.1 Å². The smallest absolute Gasteiger partial charge is 0.267 e. The number of benzene rings is 2. The van der Waals surface area contributed by atoms with Crippen LogP contribution in [0.4, 0.5) is 11.8 Å². The number of ether oxygens (including phenoxy) is 4. The molecular formula is C23H25N5O5. The fraction of sp³-hybridized carbons (Fsp3) is 0.348. The zero-order chi connectivity index (χ0) is 34.0. The Hall–Kier alpha value is -3.95. The maximum Gasteiger partial charge on any atom is 0.267 e. The van der Waals surface area contributed by atoms with E-state index in [0.717, 1.165) is 0 Å². The van der Waals surface area contributed by atoms with E-state index in [2.05, 4.69) is 9.97 Å². The molecule has 1 fully saturated rings. The van der Waals surface area contributed by atoms with Gasteiger partial charge in [-0.05, 0) is 18.2 Å². The van der Waals surface area contributed by atoms with Gasteiger partial charge in [0.05, 0.1) is 34.7 Å². The number of nitrogens with zero attached hydrogens (tertiary/aromatic N) is 4. The average Bonchev–Trinajstić information content (AvgIpc) is 2.96. The SMILES string of the molecule is [2H]c1c(OC([2H])([2H])[2H])c(OC([2H])([2H])[2H])c([2H])c2c(N([2H])[2H])nc(N3CCN(C(=O)C4([2H])Oc5ccccc5OC4([2H])[2H])CC3)nc12. The van der Waals surface area contributed by atoms with E-state index in [1.54, 1.807) is 12.1 Å². The third-order valence-corrected chi connectivity index (χ3v) is 5.12. The molecule has 1 atom stereocenters. The normalized spacial score (nSPS) is 27.8. The number of nitrogens with two attached hydrogens (primary N) is 1. The van der Waals surface area contributed by atoms with Crippen LogP contribution in [0, 0.1) is 0 Å². The second-order valence-electron chi connectivity index (χ2n) is 7.04. The number of aromatic nitrogens is 2. The first-order chi connectivity index (χ1) is 21.2. The molecule has 0 saturated carbocycles. The number of fused-ring (bicyclic) bond motifs is 2. The van der Waals surface area contributed by atoms with E-state index in [0.29, 0.717) is 0 Å². The molecule has 10 nitrogen and oxygen atoms in total. The first-order valence-electron chi connectivity index (χ1n) is 16.1. The number of carbonyl (C=O) groups is 1. The first-order valence-corrected chi connectivity index (χ1v) is 9.74. The monoisotopic (exact) mass is 464 g/mol. The van der Waals surface area contributed by atoms with Crippen molar-refractivity contribution in [2.45, 2.75) is 6.08 Å². The van der Waals surface area contributed by atoms with Crippen molar-refractivity contribution in [3.63, 3.8) is 0 Å². The third kappa shape index (κ3) is 3.88. The highest BCUT2D eigenvalue weighted by Gasteiger charge is 2.33. The highest BCUT2D eigenvalue weighted by molar-refractivity contribution is 5.91. The van der Waals surface area contributed by atoms with Crippen molar-refractivity contribution < 1.29 is 41.6 Å². The molecule has 172 valence electrons. The van der Waals surface area contributed by atoms with E-state index in [1.807, 2.05) is 0 Å². The van der Waals surface area contributed by atoms with Crippen LogP contribution < -0.4 is 29.6 Å². The summed E-state index contributed by atoms with van der Waals surface area (Å²) in [6.45, 7) is -3.10. The number of carbonyl (C=O) groups excluding carboxylic acids is 1. The number of rotatable bonds is 5. The van der Waals surface area contributed by atoms with Crippen molar-refractivity contribution in [3.05, 3.63) is 36.4 Å². The van der Waals surface area contributed by atoms with Crippen molar-refractivity contribution in [2.75, 3.05) is 57.4 Å². The lowest BCUT2D eigenvalue weighted by molar-refractivity contribution is -0.141. The molecule has 0 bridgehead atoms. The van der Waals surface area contributed by atoms with Crippen molar-refractivity contribution in [3.8, 4) is 23.0 Å². The molecule has 0 spiro atoms. The first kappa shape index (κ1) is 10.8. The number of nitrogen functional groups attached to an aromatic ring is 1. The highest BCUT2D eigenvalue weighted by Crippen LogP contribution is 2.34. The highest BCUT2D eigenvalue weighted by atomic mass is 16.6. The van der Waals surface area contributed by atoms with Gasteiger partial charge in [0.1, 0.15) is 12.4 Å². The number of hydrogen-bond donors (Lipinski definition) is 1. The molecule has 0 aliphatic carbocycles. The summed E-state index contributed by atoms with van der Waals surface area (Å²) in [7, 11) is -6.39. The summed E-state index contributed by atoms with van der Waals surface area (Å²) in [5, 5.41) is -0.460. The number of anilines is 2. The van der Waals surface area contributed by atoms with E-state index in [1.165, 1.54) is 21.9 Å². The summed E-state index contributed by atoms with van der Waals surface area (Å²) < 4.78 is 123. The molecule has 2 aliphatic rings. The molecule has 1 aromatic heterocycles. The standard InChI is InChI=1S/C23H25N5O5/c1-30-18-11-14-15(12-19(18)31-2)25-23(26-21(14)24)28-9-7-27(8-10-28)22(29)20-13-32-16-5-3-4-6-17(16)33-20/h3-6,11-12,20H,7-10,13H2,1-2H3,(H2,24,25,26)/i1D3,2D3,11D,12D,13D2,20D/hD2. The summed E-state index contributed by atoms with van der Waals surface area (Å²) in [5.41, 5.74) is -0.451. The Balaban J connectivity index is 1.48. The Morgan fingerprint density at radius 1 is 1.21 bits per heavy atom. The molecular weight excluding hydrogens is 426 g/mol. The lowest BCUT2D eigenvalue weighted by atomic mass is 10.2. The van der Waals surface area contributed by atoms with Crippen LogP contribution >= 0.6 is 0 Å². The Labute approximate surface area is 209 Å². The number of methoxy groups -OCH3 is 2. The summed E-state index contributed by atoms with van der Waals surface area (Å²) in [6, 6.07) is 4.38. The van der Waals surface area contributed by atoms with Gasteiger partial charge in [0.25, 0.3) is 5.91 Å². The predicted molar refractivity (Wildman–Crippen MR) is 122 cm³/mol. The number of hydrogen-bond acceptors (Lipinski definition) is 9. The molecule has 5 rings (SSSR count). The maximum absolute atomic E-state index is 13.5. The van der Waals surface area contributed by atoms with Gasteiger partial charge >= 0.3 is 0 Å². The zero-order valence-corrected chi connectivity index (χ0v) is 16.9. The van der Waals surface area contributed by atoms with Gasteiger partial charge in [-0.3, -0.25) is 4.79 Å². The molecule has 0 radical (unpaired) electrons. The zero-order valence-electron chi connectivity index (χ0n) is 29.9. The molecule has 3 heterocycles. The quantitative estimate of drug-likeness (QED) is 0.603. The van der Waals surface area contributed by atoms with Crippen LogP contribution in [0.3, 0.4) is 0 Å². The Morgan fingerprint density at radius 3 is 2.73 bits per heavy atom. The summed E-state index contributed by atoms with van der Waals surface area (Å²) in [4.78, 5) is 24.5. The summed E-state index contributed by atoms with van der Waals surface area (Å²) in [6.07, 6.45) is -2.79. The van der Waals surface area contributed by atoms with Crippen LogP contribution in [0.5, 0.6) is 23.0 Å². The molecule has 1 saturated heterocycles. The third-order valence-electron chi connectivity index (χ3n) is 5.12. The number of amides is 1. The van der Waals surface area contributed by atoms with Crippen LogP contribution in [0.1, 0.15) is 15.1 Å².